The molecule has 7 nitrogen and oxygen atoms in total. The third kappa shape index (κ3) is 4.99. The highest BCUT2D eigenvalue weighted by molar-refractivity contribution is 6.26. The fourth-order valence-corrected chi connectivity index (χ4v) is 8.14. The van der Waals surface area contributed by atoms with Crippen molar-refractivity contribution < 1.29 is 13.3 Å². The summed E-state index contributed by atoms with van der Waals surface area (Å²) in [5, 5.41) is 6.07. The molecule has 4 heterocycles. The summed E-state index contributed by atoms with van der Waals surface area (Å²) in [5.74, 6) is 1.71. The number of fused-ring (bicyclic) bond motifs is 9. The van der Waals surface area contributed by atoms with Crippen molar-refractivity contribution >= 4 is 65.7 Å². The third-order valence-corrected chi connectivity index (χ3v) is 10.8. The minimum atomic E-state index is 0.559. The number of aromatic nitrogens is 4. The standard InChI is InChI=1S/C50H28N4O3/c1-3-13-30(14-4-1)49-53-38-23-11-22-37(46(38)56-49)41-28-40(34-19-9-17-29-12-7-8-18-32(29)34)51-48(52-41)36-21-10-20-35-33(36)24-26-42-44(35)45-43(55-42)27-25-39-47(45)57-50(54-39)31-15-5-2-6-16-31/h1-28H. The smallest absolute Gasteiger partial charge is 0.227 e. The van der Waals surface area contributed by atoms with Crippen molar-refractivity contribution in [2.24, 2.45) is 0 Å². The molecular formula is C50H28N4O3. The molecule has 0 amide bonds. The second-order valence-electron chi connectivity index (χ2n) is 14.1. The highest BCUT2D eigenvalue weighted by atomic mass is 16.4. The van der Waals surface area contributed by atoms with E-state index < -0.39 is 0 Å². The molecule has 0 N–H and O–H groups in total. The maximum atomic E-state index is 6.52. The van der Waals surface area contributed by atoms with Gasteiger partial charge in [-0.3, -0.25) is 0 Å². The highest BCUT2D eigenvalue weighted by Gasteiger charge is 2.22. The second kappa shape index (κ2) is 12.3. The fourth-order valence-electron chi connectivity index (χ4n) is 8.14. The average Bonchev–Trinajstić information content (AvgIpc) is 4.02. The van der Waals surface area contributed by atoms with Gasteiger partial charge >= 0.3 is 0 Å². The normalized spacial score (nSPS) is 11.9. The molecule has 8 aromatic carbocycles. The van der Waals surface area contributed by atoms with E-state index in [4.69, 9.17) is 33.2 Å². The van der Waals surface area contributed by atoms with Crippen LogP contribution in [0.1, 0.15) is 0 Å². The van der Waals surface area contributed by atoms with Gasteiger partial charge in [0.25, 0.3) is 0 Å². The van der Waals surface area contributed by atoms with Crippen LogP contribution in [0.5, 0.6) is 0 Å². The molecule has 7 heteroatoms. The predicted octanol–water partition coefficient (Wildman–Crippen LogP) is 13.3. The van der Waals surface area contributed by atoms with Crippen LogP contribution in [0.3, 0.4) is 0 Å². The van der Waals surface area contributed by atoms with Gasteiger partial charge < -0.3 is 13.3 Å². The summed E-state index contributed by atoms with van der Waals surface area (Å²) >= 11 is 0. The number of benzene rings is 8. The molecule has 12 aromatic rings. The van der Waals surface area contributed by atoms with Gasteiger partial charge in [0.2, 0.25) is 11.8 Å². The number of hydrogen-bond donors (Lipinski definition) is 0. The van der Waals surface area contributed by atoms with E-state index in [9.17, 15) is 0 Å². The number of hydrogen-bond acceptors (Lipinski definition) is 7. The molecule has 0 atom stereocenters. The summed E-state index contributed by atoms with van der Waals surface area (Å²) in [6, 6.07) is 57.0. The molecule has 57 heavy (non-hydrogen) atoms. The molecule has 0 unspecified atom stereocenters. The maximum Gasteiger partial charge on any atom is 0.227 e. The van der Waals surface area contributed by atoms with E-state index in [1.807, 2.05) is 97.1 Å². The van der Waals surface area contributed by atoms with Gasteiger partial charge in [0.15, 0.2) is 17.0 Å². The lowest BCUT2D eigenvalue weighted by Gasteiger charge is -2.13. The molecule has 12 rings (SSSR count). The lowest BCUT2D eigenvalue weighted by atomic mass is 9.98. The van der Waals surface area contributed by atoms with Crippen LogP contribution in [-0.2, 0) is 0 Å². The predicted molar refractivity (Wildman–Crippen MR) is 227 cm³/mol. The second-order valence-corrected chi connectivity index (χ2v) is 14.1. The zero-order valence-corrected chi connectivity index (χ0v) is 30.2. The van der Waals surface area contributed by atoms with Crippen LogP contribution in [0, 0.1) is 0 Å². The van der Waals surface area contributed by atoms with Crippen LogP contribution < -0.4 is 0 Å². The molecule has 4 aromatic heterocycles. The van der Waals surface area contributed by atoms with Crippen molar-refractivity contribution in [3.8, 4) is 56.8 Å². The molecule has 0 aliphatic heterocycles. The molecule has 0 aliphatic rings. The van der Waals surface area contributed by atoms with Crippen LogP contribution in [-0.4, -0.2) is 19.9 Å². The topological polar surface area (TPSA) is 91.0 Å². The summed E-state index contributed by atoms with van der Waals surface area (Å²) in [5.41, 5.74) is 10.5. The molecule has 0 aliphatic carbocycles. The molecule has 0 spiro atoms. The number of para-hydroxylation sites is 1. The van der Waals surface area contributed by atoms with Crippen LogP contribution in [0.25, 0.3) is 122 Å². The van der Waals surface area contributed by atoms with Crippen molar-refractivity contribution in [1.82, 2.24) is 19.9 Å². The Labute approximate surface area is 324 Å². The molecule has 0 bridgehead atoms. The van der Waals surface area contributed by atoms with Crippen LogP contribution >= 0.6 is 0 Å². The van der Waals surface area contributed by atoms with Crippen LogP contribution in [0.15, 0.2) is 183 Å². The van der Waals surface area contributed by atoms with Gasteiger partial charge in [-0.2, -0.15) is 0 Å². The Balaban J connectivity index is 1.11. The maximum absolute atomic E-state index is 6.52. The Morgan fingerprint density at radius 1 is 0.351 bits per heavy atom. The lowest BCUT2D eigenvalue weighted by molar-refractivity contribution is 0.620. The van der Waals surface area contributed by atoms with Gasteiger partial charge in [-0.25, -0.2) is 19.9 Å². The summed E-state index contributed by atoms with van der Waals surface area (Å²) in [7, 11) is 0. The number of rotatable bonds is 5. The Kier molecular flexibility index (Phi) is 6.79. The minimum Gasteiger partial charge on any atom is -0.456 e. The van der Waals surface area contributed by atoms with E-state index in [0.717, 1.165) is 93.7 Å². The average molecular weight is 733 g/mol. The molecule has 0 radical (unpaired) electrons. The first-order valence-corrected chi connectivity index (χ1v) is 18.8. The summed E-state index contributed by atoms with van der Waals surface area (Å²) in [4.78, 5) is 20.4. The SMILES string of the molecule is c1ccc(-c2nc3cccc(-c4cc(-c5cccc6ccccc56)nc(-c5cccc6c5ccc5oc7ccc8nc(-c9ccccc9)oc8c7c56)n4)c3o2)cc1. The van der Waals surface area contributed by atoms with Crippen molar-refractivity contribution in [3.63, 3.8) is 0 Å². The van der Waals surface area contributed by atoms with Crippen molar-refractivity contribution in [2.75, 3.05) is 0 Å². The zero-order chi connectivity index (χ0) is 37.5. The Morgan fingerprint density at radius 2 is 0.930 bits per heavy atom. The monoisotopic (exact) mass is 732 g/mol. The first-order valence-electron chi connectivity index (χ1n) is 18.8. The summed E-state index contributed by atoms with van der Waals surface area (Å²) in [6.45, 7) is 0. The number of furan rings is 1. The van der Waals surface area contributed by atoms with Crippen molar-refractivity contribution in [2.45, 2.75) is 0 Å². The van der Waals surface area contributed by atoms with E-state index in [1.54, 1.807) is 0 Å². The van der Waals surface area contributed by atoms with Crippen LogP contribution in [0.2, 0.25) is 0 Å². The molecule has 266 valence electrons. The quantitative estimate of drug-likeness (QED) is 0.174. The lowest BCUT2D eigenvalue weighted by Crippen LogP contribution is -1.97. The first-order chi connectivity index (χ1) is 28.2. The Hall–Kier alpha value is -7.90. The largest absolute Gasteiger partial charge is 0.456 e. The molecule has 0 saturated heterocycles. The van der Waals surface area contributed by atoms with Gasteiger partial charge in [0, 0.05) is 33.2 Å². The zero-order valence-electron chi connectivity index (χ0n) is 30.2. The van der Waals surface area contributed by atoms with Gasteiger partial charge in [-0.1, -0.05) is 103 Å². The summed E-state index contributed by atoms with van der Waals surface area (Å²) in [6.07, 6.45) is 0. The van der Waals surface area contributed by atoms with Crippen molar-refractivity contribution in [3.05, 3.63) is 170 Å². The fraction of sp³-hybridized carbons (Fsp3) is 0. The van der Waals surface area contributed by atoms with Crippen LogP contribution in [0.4, 0.5) is 0 Å². The Morgan fingerprint density at radius 3 is 1.74 bits per heavy atom. The molecule has 0 fully saturated rings. The minimum absolute atomic E-state index is 0.559. The van der Waals surface area contributed by atoms with E-state index in [-0.39, 0.29) is 0 Å². The summed E-state index contributed by atoms with van der Waals surface area (Å²) < 4.78 is 19.5. The van der Waals surface area contributed by atoms with Gasteiger partial charge in [0.1, 0.15) is 22.2 Å². The molecule has 0 saturated carbocycles. The molecular weight excluding hydrogens is 705 g/mol. The number of oxazole rings is 2. The third-order valence-electron chi connectivity index (χ3n) is 10.8. The van der Waals surface area contributed by atoms with E-state index in [2.05, 4.69) is 72.8 Å². The first kappa shape index (κ1) is 31.5. The highest BCUT2D eigenvalue weighted by Crippen LogP contribution is 2.43. The Bertz CT molecular complexity index is 3520. The van der Waals surface area contributed by atoms with Crippen molar-refractivity contribution in [1.29, 1.82) is 0 Å². The van der Waals surface area contributed by atoms with E-state index in [0.29, 0.717) is 28.8 Å². The van der Waals surface area contributed by atoms with Gasteiger partial charge in [0.05, 0.1) is 16.8 Å². The van der Waals surface area contributed by atoms with E-state index in [1.165, 1.54) is 0 Å². The van der Waals surface area contributed by atoms with Gasteiger partial charge in [-0.05, 0) is 88.3 Å². The number of nitrogens with zero attached hydrogens (tertiary/aromatic N) is 4. The van der Waals surface area contributed by atoms with E-state index >= 15 is 0 Å². The van der Waals surface area contributed by atoms with Gasteiger partial charge in [-0.15, -0.1) is 0 Å².